The van der Waals surface area contributed by atoms with Crippen LogP contribution >= 0.6 is 23.1 Å². The van der Waals surface area contributed by atoms with Gasteiger partial charge in [-0.2, -0.15) is 0 Å². The molecule has 8 heteroatoms. The molecule has 0 bridgehead atoms. The van der Waals surface area contributed by atoms with E-state index in [9.17, 15) is 4.79 Å². The lowest BCUT2D eigenvalue weighted by Crippen LogP contribution is -2.24. The van der Waals surface area contributed by atoms with Gasteiger partial charge in [-0.1, -0.05) is 17.8 Å². The van der Waals surface area contributed by atoms with Crippen molar-refractivity contribution in [2.75, 3.05) is 26.6 Å². The molecule has 6 nitrogen and oxygen atoms in total. The third kappa shape index (κ3) is 4.82. The van der Waals surface area contributed by atoms with Crippen LogP contribution in [0.25, 0.3) is 10.2 Å². The van der Waals surface area contributed by atoms with Gasteiger partial charge in [-0.3, -0.25) is 9.36 Å². The van der Waals surface area contributed by atoms with Crippen molar-refractivity contribution in [1.29, 1.82) is 0 Å². The van der Waals surface area contributed by atoms with Crippen LogP contribution in [0.1, 0.15) is 36.3 Å². The van der Waals surface area contributed by atoms with Crippen LogP contribution in [0.3, 0.4) is 0 Å². The zero-order valence-corrected chi connectivity index (χ0v) is 20.7. The first-order valence-corrected chi connectivity index (χ1v) is 12.8. The Balaban J connectivity index is 1.64. The fourth-order valence-electron chi connectivity index (χ4n) is 4.06. The van der Waals surface area contributed by atoms with Crippen molar-refractivity contribution in [3.63, 3.8) is 0 Å². The van der Waals surface area contributed by atoms with E-state index in [-0.39, 0.29) is 11.7 Å². The van der Waals surface area contributed by atoms with Crippen molar-refractivity contribution in [2.45, 2.75) is 57.3 Å². The molecule has 2 aromatic heterocycles. The number of benzene rings is 1. The van der Waals surface area contributed by atoms with Gasteiger partial charge in [0.25, 0.3) is 5.56 Å². The summed E-state index contributed by atoms with van der Waals surface area (Å²) in [5, 5.41) is 1.60. The molecule has 3 aromatic rings. The van der Waals surface area contributed by atoms with Crippen LogP contribution in [0, 0.1) is 0 Å². The molecule has 1 aliphatic carbocycles. The van der Waals surface area contributed by atoms with Crippen molar-refractivity contribution in [3.05, 3.63) is 44.6 Å². The van der Waals surface area contributed by atoms with Crippen LogP contribution < -0.4 is 15.0 Å². The lowest BCUT2D eigenvalue weighted by molar-refractivity contribution is 0.0920. The maximum Gasteiger partial charge on any atom is 0.263 e. The molecule has 0 N–H and O–H groups in total. The van der Waals surface area contributed by atoms with Crippen LogP contribution in [0.2, 0.25) is 0 Å². The molecule has 0 saturated carbocycles. The van der Waals surface area contributed by atoms with Crippen molar-refractivity contribution in [3.8, 4) is 11.5 Å². The van der Waals surface area contributed by atoms with Crippen molar-refractivity contribution >= 4 is 33.3 Å². The van der Waals surface area contributed by atoms with Gasteiger partial charge >= 0.3 is 0 Å². The van der Waals surface area contributed by atoms with Gasteiger partial charge in [-0.25, -0.2) is 4.98 Å². The molecule has 0 atom stereocenters. The molecule has 0 amide bonds. The molecular formula is C24H30N2O4S2. The number of hydrogen-bond donors (Lipinski definition) is 0. The first-order valence-electron chi connectivity index (χ1n) is 11.0. The number of ether oxygens (including phenoxy) is 3. The first-order chi connectivity index (χ1) is 15.5. The lowest BCUT2D eigenvalue weighted by atomic mass is 10.1. The highest BCUT2D eigenvalue weighted by molar-refractivity contribution is 7.99. The molecule has 0 fully saturated rings. The third-order valence-corrected chi connectivity index (χ3v) is 7.75. The Morgan fingerprint density at radius 2 is 2.00 bits per heavy atom. The number of fused-ring (bicyclic) bond motifs is 3. The highest BCUT2D eigenvalue weighted by Crippen LogP contribution is 2.35. The van der Waals surface area contributed by atoms with E-state index in [1.54, 1.807) is 37.3 Å². The Morgan fingerprint density at radius 1 is 1.19 bits per heavy atom. The Kier molecular flexibility index (Phi) is 7.43. The minimum absolute atomic E-state index is 0.0853. The van der Waals surface area contributed by atoms with E-state index >= 15 is 0 Å². The number of rotatable bonds is 10. The SMILES string of the molecule is COc1ccc(CCn2c(SCCOC(C)C)nc3sc4c(c3c2=O)CCC4)cc1OC. The molecule has 1 aromatic carbocycles. The Morgan fingerprint density at radius 3 is 2.75 bits per heavy atom. The van der Waals surface area contributed by atoms with Gasteiger partial charge in [0.1, 0.15) is 4.83 Å². The topological polar surface area (TPSA) is 62.6 Å². The number of aryl methyl sites for hydroxylation is 3. The Labute approximate surface area is 196 Å². The van der Waals surface area contributed by atoms with Crippen LogP contribution in [0.5, 0.6) is 11.5 Å². The van der Waals surface area contributed by atoms with Crippen LogP contribution in [0.4, 0.5) is 0 Å². The molecule has 0 saturated heterocycles. The van der Waals surface area contributed by atoms with Gasteiger partial charge in [0.05, 0.1) is 32.3 Å². The fourth-order valence-corrected chi connectivity index (χ4v) is 6.22. The zero-order valence-electron chi connectivity index (χ0n) is 19.1. The van der Waals surface area contributed by atoms with Crippen LogP contribution in [-0.4, -0.2) is 42.2 Å². The van der Waals surface area contributed by atoms with E-state index in [4.69, 9.17) is 19.2 Å². The van der Waals surface area contributed by atoms with E-state index in [1.165, 1.54) is 10.4 Å². The summed E-state index contributed by atoms with van der Waals surface area (Å²) in [4.78, 5) is 20.7. The minimum Gasteiger partial charge on any atom is -0.493 e. The van der Waals surface area contributed by atoms with Crippen molar-refractivity contribution < 1.29 is 14.2 Å². The smallest absolute Gasteiger partial charge is 0.263 e. The predicted octanol–water partition coefficient (Wildman–Crippen LogP) is 4.72. The highest BCUT2D eigenvalue weighted by Gasteiger charge is 2.23. The Hall–Kier alpha value is -2.03. The third-order valence-electron chi connectivity index (χ3n) is 5.63. The first kappa shape index (κ1) is 23.1. The van der Waals surface area contributed by atoms with E-state index in [2.05, 4.69) is 0 Å². The van der Waals surface area contributed by atoms with Gasteiger partial charge in [0.2, 0.25) is 0 Å². The van der Waals surface area contributed by atoms with Gasteiger partial charge in [-0.15, -0.1) is 11.3 Å². The monoisotopic (exact) mass is 474 g/mol. The van der Waals surface area contributed by atoms with E-state index in [0.717, 1.165) is 46.0 Å². The standard InChI is InChI=1S/C24H30N2O4S2/c1-15(2)30-12-13-31-24-25-22-21(17-6-5-7-20(17)32-22)23(27)26(24)11-10-16-8-9-18(28-3)19(14-16)29-4/h8-9,14-15H,5-7,10-13H2,1-4H3. The maximum atomic E-state index is 13.6. The summed E-state index contributed by atoms with van der Waals surface area (Å²) in [5.74, 6) is 2.16. The second kappa shape index (κ2) is 10.3. The lowest BCUT2D eigenvalue weighted by Gasteiger charge is -2.14. The molecule has 0 spiro atoms. The van der Waals surface area contributed by atoms with Gasteiger partial charge in [0.15, 0.2) is 16.7 Å². The molecule has 4 rings (SSSR count). The van der Waals surface area contributed by atoms with Crippen LogP contribution in [0.15, 0.2) is 28.2 Å². The van der Waals surface area contributed by atoms with E-state index < -0.39 is 0 Å². The quantitative estimate of drug-likeness (QED) is 0.241. The van der Waals surface area contributed by atoms with Gasteiger partial charge < -0.3 is 14.2 Å². The number of thiophene rings is 1. The normalized spacial score (nSPS) is 13.2. The average molecular weight is 475 g/mol. The van der Waals surface area contributed by atoms with Gasteiger partial charge in [0, 0.05) is 17.2 Å². The minimum atomic E-state index is 0.0853. The second-order valence-electron chi connectivity index (χ2n) is 8.10. The summed E-state index contributed by atoms with van der Waals surface area (Å²) in [7, 11) is 3.26. The molecule has 172 valence electrons. The average Bonchev–Trinajstić information content (AvgIpc) is 3.36. The highest BCUT2D eigenvalue weighted by atomic mass is 32.2. The summed E-state index contributed by atoms with van der Waals surface area (Å²) >= 11 is 3.29. The molecule has 2 heterocycles. The van der Waals surface area contributed by atoms with Crippen molar-refractivity contribution in [2.24, 2.45) is 0 Å². The number of nitrogens with zero attached hydrogens (tertiary/aromatic N) is 2. The number of thioether (sulfide) groups is 1. The zero-order chi connectivity index (χ0) is 22.7. The molecule has 1 aliphatic rings. The Bertz CT molecular complexity index is 1150. The number of methoxy groups -OCH3 is 2. The summed E-state index contributed by atoms with van der Waals surface area (Å²) in [5.41, 5.74) is 2.40. The predicted molar refractivity (Wildman–Crippen MR) is 131 cm³/mol. The van der Waals surface area contributed by atoms with E-state index in [0.29, 0.717) is 31.1 Å². The van der Waals surface area contributed by atoms with Gasteiger partial charge in [-0.05, 0) is 62.8 Å². The molecule has 0 unspecified atom stereocenters. The number of hydrogen-bond acceptors (Lipinski definition) is 7. The molecule has 0 aliphatic heterocycles. The summed E-state index contributed by atoms with van der Waals surface area (Å²) in [6.07, 6.45) is 4.07. The second-order valence-corrected chi connectivity index (χ2v) is 10.2. The molecule has 32 heavy (non-hydrogen) atoms. The summed E-state index contributed by atoms with van der Waals surface area (Å²) in [6.45, 7) is 5.25. The largest absolute Gasteiger partial charge is 0.493 e. The summed E-state index contributed by atoms with van der Waals surface area (Å²) < 4.78 is 18.3. The van der Waals surface area contributed by atoms with E-state index in [1.807, 2.05) is 36.6 Å². The number of aromatic nitrogens is 2. The molecular weight excluding hydrogens is 444 g/mol. The maximum absolute atomic E-state index is 13.6. The summed E-state index contributed by atoms with van der Waals surface area (Å²) in [6, 6.07) is 5.90. The van der Waals surface area contributed by atoms with Crippen LogP contribution in [-0.2, 0) is 30.5 Å². The fraction of sp³-hybridized carbons (Fsp3) is 0.500. The van der Waals surface area contributed by atoms with Crippen molar-refractivity contribution in [1.82, 2.24) is 9.55 Å². The molecule has 0 radical (unpaired) electrons.